The molecule has 0 saturated carbocycles. The van der Waals surface area contributed by atoms with Crippen molar-refractivity contribution in [1.29, 1.82) is 0 Å². The van der Waals surface area contributed by atoms with E-state index in [-0.39, 0.29) is 6.04 Å². The largest absolute Gasteiger partial charge is 0.351 e. The molecule has 4 N–H and O–H groups in total. The molecule has 1 aromatic heterocycles. The van der Waals surface area contributed by atoms with E-state index in [4.69, 9.17) is 5.73 Å². The molecule has 2 aromatic carbocycles. The van der Waals surface area contributed by atoms with Crippen molar-refractivity contribution < 1.29 is 9.59 Å². The average Bonchev–Trinajstić information content (AvgIpc) is 3.23. The van der Waals surface area contributed by atoms with Crippen molar-refractivity contribution in [3.63, 3.8) is 0 Å². The molecule has 0 aliphatic rings. The van der Waals surface area contributed by atoms with E-state index >= 15 is 0 Å². The van der Waals surface area contributed by atoms with Crippen LogP contribution in [0.2, 0.25) is 0 Å². The van der Waals surface area contributed by atoms with Gasteiger partial charge in [0.2, 0.25) is 5.91 Å². The van der Waals surface area contributed by atoms with Crippen LogP contribution in [0.3, 0.4) is 0 Å². The van der Waals surface area contributed by atoms with Crippen LogP contribution < -0.4 is 16.4 Å². The van der Waals surface area contributed by atoms with E-state index < -0.39 is 18.0 Å². The molecule has 3 rings (SSSR count). The Hall–Kier alpha value is -2.96. The molecule has 5 nitrogen and oxygen atoms in total. The standard InChI is InChI=1S/C22H23N3O2S/c1-2-15-10-12-17(13-11-15)19(18-9-6-14-28-18)24-20(21(26)25-22(23)27)16-7-4-3-5-8-16/h3-14,19-20,24H,2H2,1H3,(H3,23,25,26,27)/t19-,20+/m0/s1. The van der Waals surface area contributed by atoms with Crippen molar-refractivity contribution in [2.45, 2.75) is 25.4 Å². The van der Waals surface area contributed by atoms with Gasteiger partial charge in [-0.25, -0.2) is 4.79 Å². The van der Waals surface area contributed by atoms with Crippen LogP contribution in [0.25, 0.3) is 0 Å². The minimum absolute atomic E-state index is 0.199. The Morgan fingerprint density at radius 2 is 1.68 bits per heavy atom. The highest BCUT2D eigenvalue weighted by Gasteiger charge is 2.27. The molecule has 2 atom stereocenters. The predicted octanol–water partition coefficient (Wildman–Crippen LogP) is 3.93. The van der Waals surface area contributed by atoms with Gasteiger partial charge in [0.05, 0.1) is 6.04 Å². The van der Waals surface area contributed by atoms with Gasteiger partial charge in [0.15, 0.2) is 0 Å². The first-order chi connectivity index (χ1) is 13.6. The van der Waals surface area contributed by atoms with Crippen LogP contribution in [0.5, 0.6) is 0 Å². The highest BCUT2D eigenvalue weighted by atomic mass is 32.1. The molecule has 1 heterocycles. The van der Waals surface area contributed by atoms with Gasteiger partial charge in [0.25, 0.3) is 0 Å². The zero-order valence-corrected chi connectivity index (χ0v) is 16.4. The van der Waals surface area contributed by atoms with Gasteiger partial charge in [-0.3, -0.25) is 15.4 Å². The highest BCUT2D eigenvalue weighted by Crippen LogP contribution is 2.29. The topological polar surface area (TPSA) is 84.2 Å². The first kappa shape index (κ1) is 19.8. The second-order valence-corrected chi connectivity index (χ2v) is 7.39. The minimum Gasteiger partial charge on any atom is -0.351 e. The first-order valence-electron chi connectivity index (χ1n) is 9.12. The molecule has 6 heteroatoms. The van der Waals surface area contributed by atoms with Crippen LogP contribution in [0.1, 0.15) is 40.6 Å². The Labute approximate surface area is 168 Å². The molecule has 0 spiro atoms. The fourth-order valence-corrected chi connectivity index (χ4v) is 3.88. The van der Waals surface area contributed by atoms with Crippen LogP contribution in [0.15, 0.2) is 72.1 Å². The molecule has 3 aromatic rings. The van der Waals surface area contributed by atoms with Crippen molar-refractivity contribution in [2.75, 3.05) is 0 Å². The van der Waals surface area contributed by atoms with E-state index in [1.807, 2.05) is 47.8 Å². The Balaban J connectivity index is 1.97. The lowest BCUT2D eigenvalue weighted by molar-refractivity contribution is -0.122. The number of aryl methyl sites for hydroxylation is 1. The second kappa shape index (κ2) is 9.30. The third-order valence-corrected chi connectivity index (χ3v) is 5.46. The van der Waals surface area contributed by atoms with Crippen LogP contribution in [0, 0.1) is 0 Å². The van der Waals surface area contributed by atoms with Crippen LogP contribution in [-0.4, -0.2) is 11.9 Å². The van der Waals surface area contributed by atoms with Crippen LogP contribution in [-0.2, 0) is 11.2 Å². The Morgan fingerprint density at radius 1 is 0.964 bits per heavy atom. The van der Waals surface area contributed by atoms with E-state index in [0.717, 1.165) is 22.4 Å². The number of hydrogen-bond donors (Lipinski definition) is 3. The van der Waals surface area contributed by atoms with Gasteiger partial charge in [-0.05, 0) is 34.6 Å². The van der Waals surface area contributed by atoms with Gasteiger partial charge >= 0.3 is 6.03 Å². The molecule has 0 bridgehead atoms. The van der Waals surface area contributed by atoms with Gasteiger partial charge in [-0.2, -0.15) is 0 Å². The number of urea groups is 1. The third kappa shape index (κ3) is 4.85. The summed E-state index contributed by atoms with van der Waals surface area (Å²) in [5.74, 6) is -0.481. The smallest absolute Gasteiger partial charge is 0.318 e. The molecular formula is C22H23N3O2S. The number of primary amides is 1. The normalized spacial score (nSPS) is 12.9. The van der Waals surface area contributed by atoms with E-state index in [2.05, 4.69) is 41.8 Å². The lowest BCUT2D eigenvalue weighted by atomic mass is 9.99. The number of thiophene rings is 1. The fourth-order valence-electron chi connectivity index (χ4n) is 3.07. The van der Waals surface area contributed by atoms with Crippen molar-refractivity contribution in [2.24, 2.45) is 5.73 Å². The number of amides is 3. The quantitative estimate of drug-likeness (QED) is 0.569. The maximum absolute atomic E-state index is 12.7. The number of carbonyl (C=O) groups is 2. The van der Waals surface area contributed by atoms with E-state index in [1.165, 1.54) is 5.56 Å². The lowest BCUT2D eigenvalue weighted by Crippen LogP contribution is -2.44. The van der Waals surface area contributed by atoms with E-state index in [9.17, 15) is 9.59 Å². The number of imide groups is 1. The lowest BCUT2D eigenvalue weighted by Gasteiger charge is -2.25. The van der Waals surface area contributed by atoms with Gasteiger partial charge in [0, 0.05) is 4.88 Å². The summed E-state index contributed by atoms with van der Waals surface area (Å²) in [5.41, 5.74) is 8.24. The monoisotopic (exact) mass is 393 g/mol. The second-order valence-electron chi connectivity index (χ2n) is 6.41. The highest BCUT2D eigenvalue weighted by molar-refractivity contribution is 7.10. The van der Waals surface area contributed by atoms with Gasteiger partial charge in [0.1, 0.15) is 6.04 Å². The molecule has 0 aliphatic heterocycles. The number of rotatable bonds is 7. The molecule has 0 unspecified atom stereocenters. The van der Waals surface area contributed by atoms with Crippen LogP contribution >= 0.6 is 11.3 Å². The number of hydrogen-bond acceptors (Lipinski definition) is 4. The van der Waals surface area contributed by atoms with Crippen molar-refractivity contribution in [3.05, 3.63) is 93.7 Å². The summed E-state index contributed by atoms with van der Waals surface area (Å²) in [6.45, 7) is 2.11. The predicted molar refractivity (Wildman–Crippen MR) is 112 cm³/mol. The summed E-state index contributed by atoms with van der Waals surface area (Å²) in [5, 5.41) is 7.63. The number of carbonyl (C=O) groups excluding carboxylic acids is 2. The maximum Gasteiger partial charge on any atom is 0.318 e. The Kier molecular flexibility index (Phi) is 6.57. The van der Waals surface area contributed by atoms with Gasteiger partial charge in [-0.15, -0.1) is 11.3 Å². The summed E-state index contributed by atoms with van der Waals surface area (Å²) in [6.07, 6.45) is 0.963. The Bertz CT molecular complexity index is 909. The van der Waals surface area contributed by atoms with Gasteiger partial charge in [-0.1, -0.05) is 67.6 Å². The molecule has 28 heavy (non-hydrogen) atoms. The number of nitrogens with one attached hydrogen (secondary N) is 2. The Morgan fingerprint density at radius 3 is 2.25 bits per heavy atom. The number of nitrogens with two attached hydrogens (primary N) is 1. The van der Waals surface area contributed by atoms with Gasteiger partial charge < -0.3 is 5.73 Å². The zero-order valence-electron chi connectivity index (χ0n) is 15.6. The summed E-state index contributed by atoms with van der Waals surface area (Å²) < 4.78 is 0. The first-order valence-corrected chi connectivity index (χ1v) is 10.00. The molecule has 0 fully saturated rings. The van der Waals surface area contributed by atoms with E-state index in [1.54, 1.807) is 11.3 Å². The van der Waals surface area contributed by atoms with Crippen molar-refractivity contribution >= 4 is 23.3 Å². The molecule has 0 radical (unpaired) electrons. The van der Waals surface area contributed by atoms with E-state index in [0.29, 0.717) is 0 Å². The SMILES string of the molecule is CCc1ccc([C@H](N[C@@H](C(=O)NC(N)=O)c2ccccc2)c2cccs2)cc1. The molecular weight excluding hydrogens is 370 g/mol. The molecule has 3 amide bonds. The van der Waals surface area contributed by atoms with Crippen molar-refractivity contribution in [3.8, 4) is 0 Å². The summed E-state index contributed by atoms with van der Waals surface area (Å²) >= 11 is 1.61. The summed E-state index contributed by atoms with van der Waals surface area (Å²) in [6, 6.07) is 19.9. The summed E-state index contributed by atoms with van der Waals surface area (Å²) in [7, 11) is 0. The van der Waals surface area contributed by atoms with Crippen molar-refractivity contribution in [1.82, 2.24) is 10.6 Å². The maximum atomic E-state index is 12.7. The summed E-state index contributed by atoms with van der Waals surface area (Å²) in [4.78, 5) is 25.1. The minimum atomic E-state index is -0.868. The molecule has 0 saturated heterocycles. The average molecular weight is 394 g/mol. The third-order valence-electron chi connectivity index (χ3n) is 4.52. The molecule has 0 aliphatic carbocycles. The fraction of sp³-hybridized carbons (Fsp3) is 0.182. The number of benzene rings is 2. The van der Waals surface area contributed by atoms with Crippen LogP contribution in [0.4, 0.5) is 4.79 Å². The molecule has 144 valence electrons. The zero-order chi connectivity index (χ0) is 19.9.